The molecule has 0 amide bonds. The highest BCUT2D eigenvalue weighted by Gasteiger charge is 2.11. The van der Waals surface area contributed by atoms with Gasteiger partial charge in [-0.1, -0.05) is 18.2 Å². The summed E-state index contributed by atoms with van der Waals surface area (Å²) in [6, 6.07) is 15.1. The van der Waals surface area contributed by atoms with Crippen LogP contribution in [0.5, 0.6) is 11.5 Å². The van der Waals surface area contributed by atoms with E-state index in [1.165, 1.54) is 0 Å². The van der Waals surface area contributed by atoms with E-state index in [1.54, 1.807) is 6.07 Å². The molecule has 0 bridgehead atoms. The second-order valence-corrected chi connectivity index (χ2v) is 5.92. The Hall–Kier alpha value is -2.59. The molecule has 0 saturated heterocycles. The van der Waals surface area contributed by atoms with Gasteiger partial charge in [0.25, 0.3) is 0 Å². The molecule has 3 aromatic rings. The topological polar surface area (TPSA) is 45.3 Å². The van der Waals surface area contributed by atoms with Crippen molar-refractivity contribution in [3.05, 3.63) is 70.0 Å². The van der Waals surface area contributed by atoms with Gasteiger partial charge in [-0.25, -0.2) is 0 Å². The number of fused-ring (bicyclic) bond motifs is 1. The van der Waals surface area contributed by atoms with E-state index in [2.05, 4.69) is 4.98 Å². The van der Waals surface area contributed by atoms with E-state index in [0.29, 0.717) is 17.7 Å². The third-order valence-corrected chi connectivity index (χ3v) is 3.74. The van der Waals surface area contributed by atoms with Crippen molar-refractivity contribution in [1.29, 1.82) is 0 Å². The Morgan fingerprint density at radius 1 is 1.04 bits per heavy atom. The Bertz CT molecular complexity index is 883. The smallest absolute Gasteiger partial charge is 0.194 e. The number of H-pyrrole nitrogens is 1. The number of nitrogens with one attached hydrogen (secondary N) is 1. The largest absolute Gasteiger partial charge is 0.457 e. The first kappa shape index (κ1) is 15.3. The number of aromatic amines is 1. The van der Waals surface area contributed by atoms with Crippen LogP contribution < -0.4 is 10.2 Å². The standard InChI is InChI=1S/C19H20N2O2/c1-13-17(12-21(2)3)19(22)16-11-15(9-10-18(16)20-13)23-14-7-5-4-6-8-14/h4-11H,12H2,1-3H3,(H,20,22). The molecule has 2 aromatic carbocycles. The van der Waals surface area contributed by atoms with Gasteiger partial charge in [-0.2, -0.15) is 0 Å². The average molecular weight is 308 g/mol. The Morgan fingerprint density at radius 2 is 1.78 bits per heavy atom. The highest BCUT2D eigenvalue weighted by Crippen LogP contribution is 2.24. The summed E-state index contributed by atoms with van der Waals surface area (Å²) in [5.74, 6) is 1.41. The first-order chi connectivity index (χ1) is 11.0. The van der Waals surface area contributed by atoms with Gasteiger partial charge in [0.1, 0.15) is 11.5 Å². The highest BCUT2D eigenvalue weighted by molar-refractivity contribution is 5.81. The van der Waals surface area contributed by atoms with Crippen LogP contribution in [0.25, 0.3) is 10.9 Å². The third kappa shape index (κ3) is 3.27. The molecule has 3 rings (SSSR count). The number of ether oxygens (including phenoxy) is 1. The van der Waals surface area contributed by atoms with Gasteiger partial charge in [0.15, 0.2) is 5.43 Å². The zero-order valence-electron chi connectivity index (χ0n) is 13.6. The summed E-state index contributed by atoms with van der Waals surface area (Å²) in [6.45, 7) is 2.55. The summed E-state index contributed by atoms with van der Waals surface area (Å²) in [4.78, 5) is 18.1. The van der Waals surface area contributed by atoms with Crippen LogP contribution in [0, 0.1) is 6.92 Å². The zero-order valence-corrected chi connectivity index (χ0v) is 13.6. The lowest BCUT2D eigenvalue weighted by atomic mass is 10.1. The van der Waals surface area contributed by atoms with Gasteiger partial charge >= 0.3 is 0 Å². The van der Waals surface area contributed by atoms with Crippen molar-refractivity contribution in [2.45, 2.75) is 13.5 Å². The SMILES string of the molecule is Cc1[nH]c2ccc(Oc3ccccc3)cc2c(=O)c1CN(C)C. The van der Waals surface area contributed by atoms with Gasteiger partial charge < -0.3 is 14.6 Å². The van der Waals surface area contributed by atoms with Gasteiger partial charge in [0, 0.05) is 28.7 Å². The predicted molar refractivity (Wildman–Crippen MR) is 93.2 cm³/mol. The number of aromatic nitrogens is 1. The number of nitrogens with zero attached hydrogens (tertiary/aromatic N) is 1. The zero-order chi connectivity index (χ0) is 16.4. The van der Waals surface area contributed by atoms with Gasteiger partial charge in [-0.3, -0.25) is 4.79 Å². The van der Waals surface area contributed by atoms with E-state index in [-0.39, 0.29) is 5.43 Å². The molecule has 118 valence electrons. The Morgan fingerprint density at radius 3 is 2.48 bits per heavy atom. The third-order valence-electron chi connectivity index (χ3n) is 3.74. The van der Waals surface area contributed by atoms with Crippen molar-refractivity contribution < 1.29 is 4.74 Å². The second kappa shape index (κ2) is 6.26. The number of pyridine rings is 1. The van der Waals surface area contributed by atoms with Crippen molar-refractivity contribution in [3.63, 3.8) is 0 Å². The van der Waals surface area contributed by atoms with Crippen LogP contribution in [0.15, 0.2) is 53.3 Å². The van der Waals surface area contributed by atoms with Crippen molar-refractivity contribution in [3.8, 4) is 11.5 Å². The van der Waals surface area contributed by atoms with E-state index in [9.17, 15) is 4.79 Å². The summed E-state index contributed by atoms with van der Waals surface area (Å²) in [5, 5.41) is 0.654. The van der Waals surface area contributed by atoms with Crippen molar-refractivity contribution >= 4 is 10.9 Å². The second-order valence-electron chi connectivity index (χ2n) is 5.92. The maximum absolute atomic E-state index is 12.8. The van der Waals surface area contributed by atoms with Crippen LogP contribution in [0.1, 0.15) is 11.3 Å². The van der Waals surface area contributed by atoms with E-state index >= 15 is 0 Å². The van der Waals surface area contributed by atoms with Crippen molar-refractivity contribution in [2.75, 3.05) is 14.1 Å². The molecule has 4 heteroatoms. The van der Waals surface area contributed by atoms with Crippen LogP contribution in [0.3, 0.4) is 0 Å². The minimum atomic E-state index is 0.0588. The molecule has 1 heterocycles. The summed E-state index contributed by atoms with van der Waals surface area (Å²) in [7, 11) is 3.91. The molecule has 0 radical (unpaired) electrons. The molecule has 4 nitrogen and oxygen atoms in total. The van der Waals surface area contributed by atoms with Crippen LogP contribution in [-0.4, -0.2) is 24.0 Å². The van der Waals surface area contributed by atoms with Gasteiger partial charge in [0.05, 0.1) is 0 Å². The highest BCUT2D eigenvalue weighted by atomic mass is 16.5. The fourth-order valence-corrected chi connectivity index (χ4v) is 2.63. The minimum Gasteiger partial charge on any atom is -0.457 e. The molecule has 0 spiro atoms. The lowest BCUT2D eigenvalue weighted by Gasteiger charge is -2.13. The molecular formula is C19H20N2O2. The first-order valence-corrected chi connectivity index (χ1v) is 7.58. The summed E-state index contributed by atoms with van der Waals surface area (Å²) < 4.78 is 5.83. The average Bonchev–Trinajstić information content (AvgIpc) is 2.53. The maximum atomic E-state index is 12.8. The number of benzene rings is 2. The van der Waals surface area contributed by atoms with Crippen LogP contribution in [0.2, 0.25) is 0 Å². The molecule has 0 aliphatic carbocycles. The number of aryl methyl sites for hydroxylation is 1. The Labute approximate surface area is 135 Å². The van der Waals surface area contributed by atoms with E-state index in [0.717, 1.165) is 22.5 Å². The molecular weight excluding hydrogens is 288 g/mol. The Kier molecular flexibility index (Phi) is 4.17. The van der Waals surface area contributed by atoms with Crippen molar-refractivity contribution in [1.82, 2.24) is 9.88 Å². The van der Waals surface area contributed by atoms with E-state index < -0.39 is 0 Å². The molecule has 0 unspecified atom stereocenters. The minimum absolute atomic E-state index is 0.0588. The van der Waals surface area contributed by atoms with Gasteiger partial charge in [-0.15, -0.1) is 0 Å². The van der Waals surface area contributed by atoms with Crippen LogP contribution in [-0.2, 0) is 6.54 Å². The lowest BCUT2D eigenvalue weighted by Crippen LogP contribution is -2.21. The van der Waals surface area contributed by atoms with Crippen molar-refractivity contribution in [2.24, 2.45) is 0 Å². The maximum Gasteiger partial charge on any atom is 0.194 e. The fourth-order valence-electron chi connectivity index (χ4n) is 2.63. The normalized spacial score (nSPS) is 11.1. The van der Waals surface area contributed by atoms with E-state index in [4.69, 9.17) is 4.74 Å². The predicted octanol–water partition coefficient (Wildman–Crippen LogP) is 3.69. The summed E-state index contributed by atoms with van der Waals surface area (Å²) >= 11 is 0. The quantitative estimate of drug-likeness (QED) is 0.799. The van der Waals surface area contributed by atoms with Crippen LogP contribution >= 0.6 is 0 Å². The lowest BCUT2D eigenvalue weighted by molar-refractivity contribution is 0.400. The molecule has 23 heavy (non-hydrogen) atoms. The first-order valence-electron chi connectivity index (χ1n) is 7.58. The molecule has 1 aromatic heterocycles. The molecule has 0 saturated carbocycles. The van der Waals surface area contributed by atoms with E-state index in [1.807, 2.05) is 68.4 Å². The molecule has 0 aliphatic heterocycles. The van der Waals surface area contributed by atoms with Gasteiger partial charge in [-0.05, 0) is 51.4 Å². The monoisotopic (exact) mass is 308 g/mol. The number of hydrogen-bond acceptors (Lipinski definition) is 3. The van der Waals surface area contributed by atoms with Gasteiger partial charge in [0.2, 0.25) is 0 Å². The fraction of sp³-hybridized carbons (Fsp3) is 0.211. The summed E-state index contributed by atoms with van der Waals surface area (Å²) in [5.41, 5.74) is 2.59. The van der Waals surface area contributed by atoms with Crippen LogP contribution in [0.4, 0.5) is 0 Å². The number of hydrogen-bond donors (Lipinski definition) is 1. The molecule has 0 aliphatic rings. The molecule has 1 N–H and O–H groups in total. The number of rotatable bonds is 4. The number of para-hydroxylation sites is 1. The molecule has 0 fully saturated rings. The molecule has 0 atom stereocenters. The Balaban J connectivity index is 2.06. The summed E-state index contributed by atoms with van der Waals surface area (Å²) in [6.07, 6.45) is 0.